The lowest BCUT2D eigenvalue weighted by Crippen LogP contribution is -2.40. The molecule has 1 atom stereocenters. The minimum Gasteiger partial charge on any atom is -0.352 e. The number of halogens is 2. The number of hydrogen-bond acceptors (Lipinski definition) is 1. The maximum Gasteiger partial charge on any atom is 0.224 e. The van der Waals surface area contributed by atoms with Crippen molar-refractivity contribution in [3.8, 4) is 0 Å². The number of hydrogen-bond donors (Lipinski definition) is 1. The van der Waals surface area contributed by atoms with Crippen LogP contribution in [0.5, 0.6) is 0 Å². The summed E-state index contributed by atoms with van der Waals surface area (Å²) >= 11 is 3.38. The van der Waals surface area contributed by atoms with Crippen molar-refractivity contribution >= 4 is 21.8 Å². The molecule has 0 aliphatic rings. The quantitative estimate of drug-likeness (QED) is 0.833. The van der Waals surface area contributed by atoms with Crippen molar-refractivity contribution in [1.29, 1.82) is 0 Å². The van der Waals surface area contributed by atoms with Crippen LogP contribution in [0.4, 0.5) is 4.39 Å². The molecule has 0 heterocycles. The number of nitrogens with one attached hydrogen (secondary N) is 1. The van der Waals surface area contributed by atoms with Crippen molar-refractivity contribution in [2.75, 3.05) is 5.33 Å². The Morgan fingerprint density at radius 3 is 2.41 bits per heavy atom. The largest absolute Gasteiger partial charge is 0.352 e. The second-order valence-corrected chi connectivity index (χ2v) is 5.02. The Morgan fingerprint density at radius 1 is 1.35 bits per heavy atom. The van der Waals surface area contributed by atoms with E-state index in [0.717, 1.165) is 10.9 Å². The molecule has 1 aromatic carbocycles. The van der Waals surface area contributed by atoms with Crippen LogP contribution >= 0.6 is 15.9 Å². The normalized spacial score (nSPS) is 12.5. The summed E-state index contributed by atoms with van der Waals surface area (Å²) in [5.41, 5.74) is 0.820. The van der Waals surface area contributed by atoms with Gasteiger partial charge >= 0.3 is 0 Å². The van der Waals surface area contributed by atoms with E-state index in [9.17, 15) is 9.18 Å². The van der Waals surface area contributed by atoms with Crippen molar-refractivity contribution in [2.24, 2.45) is 5.92 Å². The van der Waals surface area contributed by atoms with E-state index in [1.54, 1.807) is 12.1 Å². The minimum absolute atomic E-state index is 0.0326. The lowest BCUT2D eigenvalue weighted by atomic mass is 10.1. The summed E-state index contributed by atoms with van der Waals surface area (Å²) in [7, 11) is 0. The Balaban J connectivity index is 2.52. The lowest BCUT2D eigenvalue weighted by Gasteiger charge is -2.19. The second-order valence-electron chi connectivity index (χ2n) is 4.38. The molecule has 0 spiro atoms. The zero-order valence-corrected chi connectivity index (χ0v) is 11.6. The van der Waals surface area contributed by atoms with Gasteiger partial charge in [0, 0.05) is 11.4 Å². The first-order chi connectivity index (χ1) is 8.02. The number of carbonyl (C=O) groups excluding carboxylic acids is 1. The summed E-state index contributed by atoms with van der Waals surface area (Å²) < 4.78 is 12.7. The fourth-order valence-corrected chi connectivity index (χ4v) is 2.34. The van der Waals surface area contributed by atoms with Gasteiger partial charge in [0.2, 0.25) is 5.91 Å². The Labute approximate surface area is 110 Å². The highest BCUT2D eigenvalue weighted by Gasteiger charge is 2.14. The maximum absolute atomic E-state index is 12.7. The summed E-state index contributed by atoms with van der Waals surface area (Å²) in [5, 5.41) is 3.69. The summed E-state index contributed by atoms with van der Waals surface area (Å²) in [6, 6.07) is 6.13. The molecule has 0 bridgehead atoms. The van der Waals surface area contributed by atoms with Crippen molar-refractivity contribution in [2.45, 2.75) is 26.3 Å². The van der Waals surface area contributed by atoms with E-state index in [1.807, 2.05) is 0 Å². The number of carbonyl (C=O) groups is 1. The molecular weight excluding hydrogens is 285 g/mol. The van der Waals surface area contributed by atoms with Crippen LogP contribution in [0, 0.1) is 11.7 Å². The number of benzene rings is 1. The Morgan fingerprint density at radius 2 is 1.94 bits per heavy atom. The second kappa shape index (κ2) is 6.74. The van der Waals surface area contributed by atoms with Gasteiger partial charge in [-0.05, 0) is 23.6 Å². The molecule has 0 aliphatic heterocycles. The molecule has 1 N–H and O–H groups in total. The first-order valence-corrected chi connectivity index (χ1v) is 6.75. The molecule has 1 aromatic rings. The van der Waals surface area contributed by atoms with Gasteiger partial charge in [-0.25, -0.2) is 4.39 Å². The summed E-state index contributed by atoms with van der Waals surface area (Å²) in [4.78, 5) is 11.7. The monoisotopic (exact) mass is 301 g/mol. The van der Waals surface area contributed by atoms with E-state index in [0.29, 0.717) is 5.92 Å². The van der Waals surface area contributed by atoms with Crippen LogP contribution in [0.2, 0.25) is 0 Å². The highest BCUT2D eigenvalue weighted by molar-refractivity contribution is 9.09. The molecule has 17 heavy (non-hydrogen) atoms. The van der Waals surface area contributed by atoms with Crippen molar-refractivity contribution in [3.63, 3.8) is 0 Å². The van der Waals surface area contributed by atoms with Crippen LogP contribution in [0.3, 0.4) is 0 Å². The molecule has 4 heteroatoms. The fourth-order valence-electron chi connectivity index (χ4n) is 1.43. The molecule has 1 unspecified atom stereocenters. The van der Waals surface area contributed by atoms with Gasteiger partial charge in [0.15, 0.2) is 0 Å². The highest BCUT2D eigenvalue weighted by atomic mass is 79.9. The van der Waals surface area contributed by atoms with Gasteiger partial charge in [-0.3, -0.25) is 4.79 Å². The Hall–Kier alpha value is -0.900. The molecule has 1 rings (SSSR count). The van der Waals surface area contributed by atoms with Gasteiger partial charge in [-0.15, -0.1) is 0 Å². The smallest absolute Gasteiger partial charge is 0.224 e. The van der Waals surface area contributed by atoms with Crippen LogP contribution < -0.4 is 5.32 Å². The predicted molar refractivity (Wildman–Crippen MR) is 70.7 cm³/mol. The first-order valence-electron chi connectivity index (χ1n) is 5.62. The SMILES string of the molecule is CC(C)C(CBr)NC(=O)Cc1ccc(F)cc1. The topological polar surface area (TPSA) is 29.1 Å². The molecule has 2 nitrogen and oxygen atoms in total. The molecule has 0 aliphatic carbocycles. The fraction of sp³-hybridized carbons (Fsp3) is 0.462. The Kier molecular flexibility index (Phi) is 5.62. The summed E-state index contributed by atoms with van der Waals surface area (Å²) in [6.45, 7) is 4.12. The minimum atomic E-state index is -0.283. The molecule has 0 fully saturated rings. The van der Waals surface area contributed by atoms with Crippen LogP contribution in [0.15, 0.2) is 24.3 Å². The standard InChI is InChI=1S/C13H17BrFNO/c1-9(2)12(8-14)16-13(17)7-10-3-5-11(15)6-4-10/h3-6,9,12H,7-8H2,1-2H3,(H,16,17). The van der Waals surface area contributed by atoms with Crippen LogP contribution in [0.1, 0.15) is 19.4 Å². The molecule has 94 valence electrons. The van der Waals surface area contributed by atoms with Gasteiger partial charge in [-0.1, -0.05) is 41.9 Å². The molecule has 0 saturated heterocycles. The molecule has 1 amide bonds. The lowest BCUT2D eigenvalue weighted by molar-refractivity contribution is -0.121. The van der Waals surface area contributed by atoms with Crippen LogP contribution in [0.25, 0.3) is 0 Å². The van der Waals surface area contributed by atoms with E-state index in [4.69, 9.17) is 0 Å². The van der Waals surface area contributed by atoms with E-state index in [2.05, 4.69) is 35.1 Å². The zero-order valence-electron chi connectivity index (χ0n) is 10.0. The van der Waals surface area contributed by atoms with Gasteiger partial charge < -0.3 is 5.32 Å². The van der Waals surface area contributed by atoms with Gasteiger partial charge in [0.1, 0.15) is 5.82 Å². The predicted octanol–water partition coefficient (Wildman–Crippen LogP) is 2.90. The third-order valence-corrected chi connectivity index (χ3v) is 3.29. The number of rotatable bonds is 5. The molecule has 0 radical (unpaired) electrons. The van der Waals surface area contributed by atoms with Crippen LogP contribution in [-0.4, -0.2) is 17.3 Å². The van der Waals surface area contributed by atoms with Crippen molar-refractivity contribution in [1.82, 2.24) is 5.32 Å². The van der Waals surface area contributed by atoms with Gasteiger partial charge in [-0.2, -0.15) is 0 Å². The number of amides is 1. The van der Waals surface area contributed by atoms with Gasteiger partial charge in [0.05, 0.1) is 6.42 Å². The average Bonchev–Trinajstić information content (AvgIpc) is 2.28. The molecular formula is C13H17BrFNO. The third-order valence-electron chi connectivity index (χ3n) is 2.60. The number of alkyl halides is 1. The van der Waals surface area contributed by atoms with E-state index < -0.39 is 0 Å². The summed E-state index contributed by atoms with van der Waals surface area (Å²) in [6.07, 6.45) is 0.288. The van der Waals surface area contributed by atoms with Gasteiger partial charge in [0.25, 0.3) is 0 Å². The zero-order chi connectivity index (χ0) is 12.8. The van der Waals surface area contributed by atoms with Crippen LogP contribution in [-0.2, 0) is 11.2 Å². The van der Waals surface area contributed by atoms with Crippen molar-refractivity contribution in [3.05, 3.63) is 35.6 Å². The highest BCUT2D eigenvalue weighted by Crippen LogP contribution is 2.07. The van der Waals surface area contributed by atoms with E-state index in [-0.39, 0.29) is 24.2 Å². The first kappa shape index (κ1) is 14.2. The molecule has 0 saturated carbocycles. The maximum atomic E-state index is 12.7. The Bertz CT molecular complexity index is 364. The van der Waals surface area contributed by atoms with E-state index >= 15 is 0 Å². The third kappa shape index (κ3) is 4.86. The van der Waals surface area contributed by atoms with E-state index in [1.165, 1.54) is 12.1 Å². The van der Waals surface area contributed by atoms with Crippen molar-refractivity contribution < 1.29 is 9.18 Å². The molecule has 0 aromatic heterocycles. The summed E-state index contributed by atoms with van der Waals surface area (Å²) in [5.74, 6) is 0.0657. The average molecular weight is 302 g/mol.